The van der Waals surface area contributed by atoms with E-state index in [-0.39, 0.29) is 5.97 Å². The van der Waals surface area contributed by atoms with E-state index in [0.29, 0.717) is 12.2 Å². The van der Waals surface area contributed by atoms with Crippen molar-refractivity contribution >= 4 is 28.3 Å². The molecule has 0 amide bonds. The number of fused-ring (bicyclic) bond motifs is 4. The van der Waals surface area contributed by atoms with E-state index in [4.69, 9.17) is 9.47 Å². The molecule has 0 saturated heterocycles. The number of carbonyl (C=O) groups is 1. The van der Waals surface area contributed by atoms with E-state index >= 15 is 0 Å². The Morgan fingerprint density at radius 1 is 0.761 bits per heavy atom. The molecule has 0 N–H and O–H groups in total. The van der Waals surface area contributed by atoms with Crippen LogP contribution in [0.1, 0.15) is 67.7 Å². The van der Waals surface area contributed by atoms with E-state index in [1.807, 2.05) is 30.3 Å². The quantitative estimate of drug-likeness (QED) is 0.108. The van der Waals surface area contributed by atoms with Crippen LogP contribution in [0.3, 0.4) is 0 Å². The standard InChI is InChI=1S/C40H41N3O3/c1-5-9-25-45-36-26-29(41(6-2)7-3)23-24-33(36)40(32-20-14-13-19-30(32)39(44)46-40)38-31(28-17-11-10-12-18-28)27-37-42(8-4)34-21-15-16-22-35(34)43(37)38/h10-24,26-27H,5-9,25H2,1-4H3. The third-order valence-corrected chi connectivity index (χ3v) is 9.41. The van der Waals surface area contributed by atoms with Gasteiger partial charge in [0.2, 0.25) is 5.60 Å². The van der Waals surface area contributed by atoms with Crippen molar-refractivity contribution in [2.24, 2.45) is 0 Å². The molecule has 2 aromatic heterocycles. The summed E-state index contributed by atoms with van der Waals surface area (Å²) in [7, 11) is 0. The first-order valence-corrected chi connectivity index (χ1v) is 16.6. The van der Waals surface area contributed by atoms with Crippen molar-refractivity contribution in [3.05, 3.63) is 126 Å². The largest absolute Gasteiger partial charge is 0.493 e. The fraction of sp³-hybridized carbons (Fsp3) is 0.275. The van der Waals surface area contributed by atoms with Crippen LogP contribution in [0.4, 0.5) is 5.69 Å². The molecular formula is C40H41N3O3. The molecule has 1 atom stereocenters. The topological polar surface area (TPSA) is 48.1 Å². The van der Waals surface area contributed by atoms with Crippen LogP contribution in [-0.4, -0.2) is 34.6 Å². The third-order valence-electron chi connectivity index (χ3n) is 9.41. The van der Waals surface area contributed by atoms with E-state index < -0.39 is 5.60 Å². The molecular weight excluding hydrogens is 570 g/mol. The van der Waals surface area contributed by atoms with Crippen LogP contribution in [0.5, 0.6) is 5.75 Å². The first-order valence-electron chi connectivity index (χ1n) is 16.6. The van der Waals surface area contributed by atoms with Gasteiger partial charge in [-0.3, -0.25) is 4.40 Å². The number of imidazole rings is 1. The number of para-hydroxylation sites is 2. The van der Waals surface area contributed by atoms with Crippen LogP contribution in [0.15, 0.2) is 103 Å². The Balaban J connectivity index is 1.65. The molecule has 3 heterocycles. The lowest BCUT2D eigenvalue weighted by Gasteiger charge is -2.33. The van der Waals surface area contributed by atoms with E-state index in [1.165, 1.54) is 0 Å². The summed E-state index contributed by atoms with van der Waals surface area (Å²) < 4.78 is 18.2. The molecule has 6 nitrogen and oxygen atoms in total. The van der Waals surface area contributed by atoms with Crippen LogP contribution >= 0.6 is 0 Å². The zero-order valence-corrected chi connectivity index (χ0v) is 27.1. The van der Waals surface area contributed by atoms with Gasteiger partial charge in [-0.2, -0.15) is 0 Å². The van der Waals surface area contributed by atoms with Gasteiger partial charge in [-0.15, -0.1) is 0 Å². The molecule has 0 radical (unpaired) electrons. The summed E-state index contributed by atoms with van der Waals surface area (Å²) in [5, 5.41) is 0. The van der Waals surface area contributed by atoms with Crippen LogP contribution in [0, 0.1) is 0 Å². The van der Waals surface area contributed by atoms with Crippen molar-refractivity contribution in [2.75, 3.05) is 24.6 Å². The van der Waals surface area contributed by atoms with Gasteiger partial charge in [0.15, 0.2) is 0 Å². The summed E-state index contributed by atoms with van der Waals surface area (Å²) in [6, 6.07) is 35.4. The van der Waals surface area contributed by atoms with Gasteiger partial charge in [0.1, 0.15) is 11.4 Å². The van der Waals surface area contributed by atoms with Crippen LogP contribution in [-0.2, 0) is 16.9 Å². The maximum absolute atomic E-state index is 14.0. The molecule has 0 bridgehead atoms. The lowest BCUT2D eigenvalue weighted by atomic mass is 9.79. The first kappa shape index (κ1) is 29.7. The Kier molecular flexibility index (Phi) is 7.81. The minimum Gasteiger partial charge on any atom is -0.493 e. The Morgan fingerprint density at radius 3 is 2.22 bits per heavy atom. The van der Waals surface area contributed by atoms with Gasteiger partial charge in [-0.1, -0.05) is 74.0 Å². The molecule has 1 aliphatic rings. The highest BCUT2D eigenvalue weighted by Crippen LogP contribution is 2.54. The lowest BCUT2D eigenvalue weighted by Crippen LogP contribution is -2.33. The van der Waals surface area contributed by atoms with E-state index in [2.05, 4.69) is 114 Å². The monoisotopic (exact) mass is 611 g/mol. The minimum absolute atomic E-state index is 0.337. The van der Waals surface area contributed by atoms with Gasteiger partial charge in [-0.05, 0) is 69.2 Å². The van der Waals surface area contributed by atoms with Gasteiger partial charge in [0.05, 0.1) is 28.9 Å². The molecule has 0 fully saturated rings. The molecule has 234 valence electrons. The predicted octanol–water partition coefficient (Wildman–Crippen LogP) is 9.07. The molecule has 7 rings (SSSR count). The van der Waals surface area contributed by atoms with Crippen LogP contribution < -0.4 is 9.64 Å². The summed E-state index contributed by atoms with van der Waals surface area (Å²) in [5.74, 6) is 0.395. The molecule has 0 saturated carbocycles. The number of nitrogens with zero attached hydrogens (tertiary/aromatic N) is 3. The third kappa shape index (κ3) is 4.50. The zero-order valence-electron chi connectivity index (χ0n) is 27.1. The fourth-order valence-corrected chi connectivity index (χ4v) is 7.22. The Bertz CT molecular complexity index is 2040. The lowest BCUT2D eigenvalue weighted by molar-refractivity contribution is 0.0231. The Hall–Kier alpha value is -4.97. The van der Waals surface area contributed by atoms with Gasteiger partial charge < -0.3 is 18.9 Å². The van der Waals surface area contributed by atoms with E-state index in [9.17, 15) is 4.79 Å². The number of aromatic nitrogens is 2. The maximum atomic E-state index is 14.0. The smallest absolute Gasteiger partial charge is 0.340 e. The summed E-state index contributed by atoms with van der Waals surface area (Å²) in [6.07, 6.45) is 1.94. The number of ether oxygens (including phenoxy) is 2. The number of anilines is 1. The summed E-state index contributed by atoms with van der Waals surface area (Å²) in [6.45, 7) is 11.8. The molecule has 0 aliphatic carbocycles. The maximum Gasteiger partial charge on any atom is 0.340 e. The second-order valence-electron chi connectivity index (χ2n) is 11.9. The van der Waals surface area contributed by atoms with Crippen molar-refractivity contribution in [1.29, 1.82) is 0 Å². The highest BCUT2D eigenvalue weighted by Gasteiger charge is 2.53. The fourth-order valence-electron chi connectivity index (χ4n) is 7.22. The molecule has 6 heteroatoms. The Labute approximate surface area is 270 Å². The second kappa shape index (κ2) is 12.1. The predicted molar refractivity (Wildman–Crippen MR) is 186 cm³/mol. The minimum atomic E-state index is -1.28. The van der Waals surface area contributed by atoms with Crippen LogP contribution in [0.2, 0.25) is 0 Å². The van der Waals surface area contributed by atoms with Crippen LogP contribution in [0.25, 0.3) is 27.8 Å². The molecule has 4 aromatic carbocycles. The summed E-state index contributed by atoms with van der Waals surface area (Å²) >= 11 is 0. The normalized spacial score (nSPS) is 15.8. The van der Waals surface area contributed by atoms with Crippen molar-refractivity contribution in [2.45, 2.75) is 52.7 Å². The second-order valence-corrected chi connectivity index (χ2v) is 11.9. The average molecular weight is 612 g/mol. The molecule has 0 spiro atoms. The Morgan fingerprint density at radius 2 is 1.48 bits per heavy atom. The SMILES string of the molecule is CCCCOc1cc(N(CC)CC)ccc1C1(c2c(-c3ccccc3)cc3n(CC)c4ccccc4n23)OC(=O)c2ccccc21. The summed E-state index contributed by atoms with van der Waals surface area (Å²) in [4.78, 5) is 16.3. The van der Waals surface area contributed by atoms with Crippen molar-refractivity contribution in [3.8, 4) is 16.9 Å². The number of esters is 1. The number of carbonyl (C=O) groups excluding carboxylic acids is 1. The average Bonchev–Trinajstić information content (AvgIpc) is 3.73. The van der Waals surface area contributed by atoms with E-state index in [1.54, 1.807) is 0 Å². The van der Waals surface area contributed by atoms with Crippen molar-refractivity contribution in [1.82, 2.24) is 8.97 Å². The number of rotatable bonds is 11. The van der Waals surface area contributed by atoms with Crippen molar-refractivity contribution < 1.29 is 14.3 Å². The van der Waals surface area contributed by atoms with Gasteiger partial charge in [-0.25, -0.2) is 4.79 Å². The van der Waals surface area contributed by atoms with Gasteiger partial charge in [0.25, 0.3) is 0 Å². The number of hydrogen-bond donors (Lipinski definition) is 0. The molecule has 1 aliphatic heterocycles. The first-order chi connectivity index (χ1) is 22.6. The number of aryl methyl sites for hydroxylation is 1. The number of unbranched alkanes of at least 4 members (excludes halogenated alkanes) is 1. The molecule has 6 aromatic rings. The zero-order chi connectivity index (χ0) is 31.8. The van der Waals surface area contributed by atoms with E-state index in [0.717, 1.165) is 88.5 Å². The summed E-state index contributed by atoms with van der Waals surface area (Å²) in [5.41, 5.74) is 8.22. The molecule has 46 heavy (non-hydrogen) atoms. The highest BCUT2D eigenvalue weighted by molar-refractivity contribution is 5.98. The van der Waals surface area contributed by atoms with Gasteiger partial charge >= 0.3 is 5.97 Å². The van der Waals surface area contributed by atoms with Gasteiger partial charge in [0, 0.05) is 48.1 Å². The number of cyclic esters (lactones) is 1. The molecule has 1 unspecified atom stereocenters. The number of benzene rings is 4. The van der Waals surface area contributed by atoms with Crippen molar-refractivity contribution in [3.63, 3.8) is 0 Å². The highest BCUT2D eigenvalue weighted by atomic mass is 16.6. The number of hydrogen-bond acceptors (Lipinski definition) is 4.